The van der Waals surface area contributed by atoms with E-state index < -0.39 is 0 Å². The number of carbonyl (C=O) groups excluding carboxylic acids is 1. The van der Waals surface area contributed by atoms with E-state index in [4.69, 9.17) is 16.1 Å². The van der Waals surface area contributed by atoms with Crippen LogP contribution in [0.25, 0.3) is 11.4 Å². The number of hydrogen-bond acceptors (Lipinski definition) is 4. The summed E-state index contributed by atoms with van der Waals surface area (Å²) < 4.78 is 6.18. The van der Waals surface area contributed by atoms with Crippen molar-refractivity contribution in [3.63, 3.8) is 0 Å². The van der Waals surface area contributed by atoms with E-state index in [1.54, 1.807) is 31.3 Å². The third kappa shape index (κ3) is 3.83. The van der Waals surface area contributed by atoms with Crippen LogP contribution < -0.4 is 0 Å². The average Bonchev–Trinajstić information content (AvgIpc) is 3.03. The van der Waals surface area contributed by atoms with Crippen LogP contribution in [0, 0.1) is 0 Å². The lowest BCUT2D eigenvalue weighted by molar-refractivity contribution is 0.0769. The zero-order valence-electron chi connectivity index (χ0n) is 12.7. The average molecular weight is 407 g/mol. The topological polar surface area (TPSA) is 59.2 Å². The van der Waals surface area contributed by atoms with Crippen molar-refractivity contribution in [2.75, 3.05) is 7.05 Å². The largest absolute Gasteiger partial charge is 0.337 e. The van der Waals surface area contributed by atoms with Gasteiger partial charge in [-0.3, -0.25) is 4.79 Å². The molecular weight excluding hydrogens is 394 g/mol. The minimum Gasteiger partial charge on any atom is -0.337 e. The summed E-state index contributed by atoms with van der Waals surface area (Å²) in [6, 6.07) is 14.3. The highest BCUT2D eigenvalue weighted by atomic mass is 79.9. The standard InChI is InChI=1S/C17H13BrClN3O2/c1-22(17(23)11-5-7-14(19)8-6-11)10-15-20-16(21-24-15)12-3-2-4-13(18)9-12/h2-9H,10H2,1H3. The molecule has 7 heteroatoms. The van der Waals surface area contributed by atoms with Crippen molar-refractivity contribution >= 4 is 33.4 Å². The monoisotopic (exact) mass is 405 g/mol. The zero-order chi connectivity index (χ0) is 17.1. The van der Waals surface area contributed by atoms with E-state index in [-0.39, 0.29) is 12.5 Å². The van der Waals surface area contributed by atoms with E-state index in [2.05, 4.69) is 26.1 Å². The Hall–Kier alpha value is -2.18. The van der Waals surface area contributed by atoms with Gasteiger partial charge in [0.05, 0.1) is 6.54 Å². The maximum Gasteiger partial charge on any atom is 0.254 e. The molecular formula is C17H13BrClN3O2. The van der Waals surface area contributed by atoms with Crippen LogP contribution in [0.4, 0.5) is 0 Å². The molecule has 0 atom stereocenters. The zero-order valence-corrected chi connectivity index (χ0v) is 15.1. The van der Waals surface area contributed by atoms with Crippen molar-refractivity contribution in [2.24, 2.45) is 0 Å². The Balaban J connectivity index is 1.72. The van der Waals surface area contributed by atoms with Crippen molar-refractivity contribution in [2.45, 2.75) is 6.54 Å². The molecule has 1 aromatic heterocycles. The molecule has 3 rings (SSSR count). The number of carbonyl (C=O) groups is 1. The van der Waals surface area contributed by atoms with Gasteiger partial charge in [0.15, 0.2) is 0 Å². The summed E-state index contributed by atoms with van der Waals surface area (Å²) in [5, 5.41) is 4.55. The van der Waals surface area contributed by atoms with Crippen molar-refractivity contribution in [1.82, 2.24) is 15.0 Å². The van der Waals surface area contributed by atoms with Crippen LogP contribution in [-0.4, -0.2) is 28.0 Å². The SMILES string of the molecule is CN(Cc1nc(-c2cccc(Br)c2)no1)C(=O)c1ccc(Cl)cc1. The molecule has 2 aromatic carbocycles. The molecule has 0 fully saturated rings. The van der Waals surface area contributed by atoms with Gasteiger partial charge in [-0.25, -0.2) is 0 Å². The Morgan fingerprint density at radius 1 is 1.25 bits per heavy atom. The highest BCUT2D eigenvalue weighted by Gasteiger charge is 2.16. The molecule has 0 aliphatic rings. The number of benzene rings is 2. The van der Waals surface area contributed by atoms with E-state index in [0.29, 0.717) is 22.3 Å². The molecule has 0 aliphatic carbocycles. The number of nitrogens with zero attached hydrogens (tertiary/aromatic N) is 3. The second-order valence-corrected chi connectivity index (χ2v) is 6.54. The fourth-order valence-electron chi connectivity index (χ4n) is 2.15. The first-order chi connectivity index (χ1) is 11.5. The molecule has 0 spiro atoms. The number of aromatic nitrogens is 2. The van der Waals surface area contributed by atoms with Crippen molar-refractivity contribution in [3.8, 4) is 11.4 Å². The van der Waals surface area contributed by atoms with Gasteiger partial charge in [-0.15, -0.1) is 0 Å². The van der Waals surface area contributed by atoms with Crippen LogP contribution in [0.5, 0.6) is 0 Å². The van der Waals surface area contributed by atoms with E-state index in [9.17, 15) is 4.79 Å². The van der Waals surface area contributed by atoms with Crippen molar-refractivity contribution in [3.05, 3.63) is 69.5 Å². The first kappa shape index (κ1) is 16.7. The summed E-state index contributed by atoms with van der Waals surface area (Å²) in [6.07, 6.45) is 0. The van der Waals surface area contributed by atoms with Crippen molar-refractivity contribution in [1.29, 1.82) is 0 Å². The minimum absolute atomic E-state index is 0.145. The molecule has 0 saturated heterocycles. The third-order valence-electron chi connectivity index (χ3n) is 3.36. The molecule has 5 nitrogen and oxygen atoms in total. The summed E-state index contributed by atoms with van der Waals surface area (Å²) in [6.45, 7) is 0.225. The van der Waals surface area contributed by atoms with E-state index >= 15 is 0 Å². The molecule has 0 saturated carbocycles. The van der Waals surface area contributed by atoms with Gasteiger partial charge >= 0.3 is 0 Å². The fourth-order valence-corrected chi connectivity index (χ4v) is 2.68. The Labute approximate surface area is 152 Å². The lowest BCUT2D eigenvalue weighted by Crippen LogP contribution is -2.26. The normalized spacial score (nSPS) is 10.6. The van der Waals surface area contributed by atoms with Gasteiger partial charge in [0.25, 0.3) is 5.91 Å². The van der Waals surface area contributed by atoms with Gasteiger partial charge < -0.3 is 9.42 Å². The fraction of sp³-hybridized carbons (Fsp3) is 0.118. The number of amides is 1. The van der Waals surface area contributed by atoms with Gasteiger partial charge in [-0.1, -0.05) is 44.8 Å². The quantitative estimate of drug-likeness (QED) is 0.643. The summed E-state index contributed by atoms with van der Waals surface area (Å²) in [4.78, 5) is 18.2. The van der Waals surface area contributed by atoms with E-state index in [1.807, 2.05) is 24.3 Å². The number of hydrogen-bond donors (Lipinski definition) is 0. The molecule has 1 amide bonds. The van der Waals surface area contributed by atoms with Crippen LogP contribution in [0.3, 0.4) is 0 Å². The lowest BCUT2D eigenvalue weighted by Gasteiger charge is -2.14. The van der Waals surface area contributed by atoms with Gasteiger partial charge in [-0.05, 0) is 36.4 Å². The summed E-state index contributed by atoms with van der Waals surface area (Å²) in [5.41, 5.74) is 1.39. The van der Waals surface area contributed by atoms with Crippen molar-refractivity contribution < 1.29 is 9.32 Å². The molecule has 24 heavy (non-hydrogen) atoms. The maximum absolute atomic E-state index is 12.4. The third-order valence-corrected chi connectivity index (χ3v) is 4.11. The number of halogens is 2. The Morgan fingerprint density at radius 2 is 2.00 bits per heavy atom. The summed E-state index contributed by atoms with van der Waals surface area (Å²) in [5.74, 6) is 0.710. The van der Waals surface area contributed by atoms with Crippen LogP contribution >= 0.6 is 27.5 Å². The molecule has 0 bridgehead atoms. The lowest BCUT2D eigenvalue weighted by atomic mass is 10.2. The Morgan fingerprint density at radius 3 is 2.71 bits per heavy atom. The van der Waals surface area contributed by atoms with Gasteiger partial charge in [0, 0.05) is 27.7 Å². The minimum atomic E-state index is -0.145. The van der Waals surface area contributed by atoms with Crippen LogP contribution in [0.2, 0.25) is 5.02 Å². The summed E-state index contributed by atoms with van der Waals surface area (Å²) in [7, 11) is 1.68. The first-order valence-electron chi connectivity index (χ1n) is 7.12. The van der Waals surface area contributed by atoms with Gasteiger partial charge in [0.1, 0.15) is 0 Å². The predicted molar refractivity (Wildman–Crippen MR) is 94.7 cm³/mol. The number of rotatable bonds is 4. The van der Waals surface area contributed by atoms with Crippen LogP contribution in [-0.2, 0) is 6.54 Å². The molecule has 3 aromatic rings. The highest BCUT2D eigenvalue weighted by Crippen LogP contribution is 2.21. The van der Waals surface area contributed by atoms with Crippen LogP contribution in [0.15, 0.2) is 57.5 Å². The van der Waals surface area contributed by atoms with Crippen LogP contribution in [0.1, 0.15) is 16.2 Å². The molecule has 0 radical (unpaired) electrons. The Kier molecular flexibility index (Phi) is 4.97. The van der Waals surface area contributed by atoms with Gasteiger partial charge in [-0.2, -0.15) is 4.98 Å². The predicted octanol–water partition coefficient (Wildman–Crippen LogP) is 4.42. The smallest absolute Gasteiger partial charge is 0.254 e. The molecule has 0 unspecified atom stereocenters. The molecule has 0 N–H and O–H groups in total. The van der Waals surface area contributed by atoms with Gasteiger partial charge in [0.2, 0.25) is 11.7 Å². The second-order valence-electron chi connectivity index (χ2n) is 5.19. The highest BCUT2D eigenvalue weighted by molar-refractivity contribution is 9.10. The molecule has 1 heterocycles. The van der Waals surface area contributed by atoms with E-state index in [0.717, 1.165) is 10.0 Å². The second kappa shape index (κ2) is 7.15. The molecule has 122 valence electrons. The maximum atomic E-state index is 12.4. The summed E-state index contributed by atoms with van der Waals surface area (Å²) >= 11 is 9.24. The Bertz CT molecular complexity index is 864. The first-order valence-corrected chi connectivity index (χ1v) is 8.29. The molecule has 0 aliphatic heterocycles. The van der Waals surface area contributed by atoms with E-state index in [1.165, 1.54) is 4.90 Å².